The number of rotatable bonds is 14. The van der Waals surface area contributed by atoms with Gasteiger partial charge in [-0.15, -0.1) is 0 Å². The topological polar surface area (TPSA) is 18.5 Å². The molecule has 0 heterocycles. The maximum Gasteiger partial charge on any atom is 0.168 e. The van der Waals surface area contributed by atoms with Crippen LogP contribution in [0.25, 0.3) is 12.2 Å². The molecule has 0 spiro atoms. The van der Waals surface area contributed by atoms with Crippen LogP contribution in [0.15, 0.2) is 25.3 Å². The lowest BCUT2D eigenvalue weighted by atomic mass is 10.1. The quantitative estimate of drug-likeness (QED) is 0.346. The van der Waals surface area contributed by atoms with Crippen molar-refractivity contribution in [1.82, 2.24) is 0 Å². The molecule has 2 heteroatoms. The Morgan fingerprint density at radius 3 is 1.96 bits per heavy atom. The normalized spacial score (nSPS) is 10.4. The third kappa shape index (κ3) is 6.82. The highest BCUT2D eigenvalue weighted by Gasteiger charge is 2.12. The summed E-state index contributed by atoms with van der Waals surface area (Å²) in [4.78, 5) is 0. The second-order valence-electron chi connectivity index (χ2n) is 6.12. The van der Waals surface area contributed by atoms with Crippen molar-refractivity contribution in [2.75, 3.05) is 13.2 Å². The molecule has 0 aliphatic rings. The first-order valence-corrected chi connectivity index (χ1v) is 9.45. The van der Waals surface area contributed by atoms with E-state index in [2.05, 4.69) is 27.0 Å². The van der Waals surface area contributed by atoms with Gasteiger partial charge in [0.1, 0.15) is 0 Å². The molecular formula is C22H34O2. The van der Waals surface area contributed by atoms with Crippen molar-refractivity contribution >= 4 is 12.2 Å². The predicted molar refractivity (Wildman–Crippen MR) is 106 cm³/mol. The minimum atomic E-state index is 0.716. The zero-order chi connectivity index (χ0) is 17.6. The SMILES string of the molecule is C=Cc1ccc(OCCCCCC)c(OCCCCCC)c1C=C. The molecule has 1 rings (SSSR count). The van der Waals surface area contributed by atoms with E-state index in [1.54, 1.807) is 0 Å². The average molecular weight is 331 g/mol. The zero-order valence-corrected chi connectivity index (χ0v) is 15.6. The van der Waals surface area contributed by atoms with Crippen LogP contribution in [0.2, 0.25) is 0 Å². The molecule has 0 radical (unpaired) electrons. The summed E-state index contributed by atoms with van der Waals surface area (Å²) < 4.78 is 12.1. The fraction of sp³-hybridized carbons (Fsp3) is 0.545. The Kier molecular flexibility index (Phi) is 10.8. The highest BCUT2D eigenvalue weighted by Crippen LogP contribution is 2.35. The first-order chi connectivity index (χ1) is 11.8. The van der Waals surface area contributed by atoms with Gasteiger partial charge in [-0.2, -0.15) is 0 Å². The van der Waals surface area contributed by atoms with E-state index in [1.807, 2.05) is 24.3 Å². The predicted octanol–water partition coefficient (Wildman–Crippen LogP) is 6.89. The smallest absolute Gasteiger partial charge is 0.168 e. The van der Waals surface area contributed by atoms with Crippen molar-refractivity contribution in [3.8, 4) is 11.5 Å². The molecule has 1 aromatic rings. The van der Waals surface area contributed by atoms with Crippen molar-refractivity contribution in [3.05, 3.63) is 36.4 Å². The van der Waals surface area contributed by atoms with E-state index in [1.165, 1.54) is 38.5 Å². The standard InChI is InChI=1S/C22H34O2/c1-5-9-11-13-17-23-21-16-15-19(7-3)20(8-4)22(21)24-18-14-12-10-6-2/h7-8,15-16H,3-6,9-14,17-18H2,1-2H3. The third-order valence-corrected chi connectivity index (χ3v) is 4.12. The maximum absolute atomic E-state index is 6.08. The molecule has 0 saturated heterocycles. The van der Waals surface area contributed by atoms with Gasteiger partial charge in [-0.25, -0.2) is 0 Å². The van der Waals surface area contributed by atoms with Crippen molar-refractivity contribution in [1.29, 1.82) is 0 Å². The van der Waals surface area contributed by atoms with E-state index >= 15 is 0 Å². The molecule has 0 aromatic heterocycles. The number of hydrogen-bond acceptors (Lipinski definition) is 2. The maximum atomic E-state index is 6.08. The van der Waals surface area contributed by atoms with Crippen molar-refractivity contribution < 1.29 is 9.47 Å². The van der Waals surface area contributed by atoms with Gasteiger partial charge in [0.25, 0.3) is 0 Å². The second-order valence-corrected chi connectivity index (χ2v) is 6.12. The van der Waals surface area contributed by atoms with Gasteiger partial charge in [0.05, 0.1) is 13.2 Å². The van der Waals surface area contributed by atoms with Gasteiger partial charge < -0.3 is 9.47 Å². The van der Waals surface area contributed by atoms with Gasteiger partial charge >= 0.3 is 0 Å². The number of ether oxygens (including phenoxy) is 2. The molecule has 0 bridgehead atoms. The lowest BCUT2D eigenvalue weighted by Crippen LogP contribution is -2.05. The Morgan fingerprint density at radius 1 is 0.792 bits per heavy atom. The van der Waals surface area contributed by atoms with Crippen LogP contribution in [0.3, 0.4) is 0 Å². The first-order valence-electron chi connectivity index (χ1n) is 9.45. The van der Waals surface area contributed by atoms with E-state index in [4.69, 9.17) is 9.47 Å². The van der Waals surface area contributed by atoms with E-state index in [0.717, 1.165) is 42.1 Å². The van der Waals surface area contributed by atoms with E-state index in [0.29, 0.717) is 6.61 Å². The Morgan fingerprint density at radius 2 is 1.42 bits per heavy atom. The molecule has 0 saturated carbocycles. The van der Waals surface area contributed by atoms with Gasteiger partial charge in [-0.3, -0.25) is 0 Å². The monoisotopic (exact) mass is 330 g/mol. The highest BCUT2D eigenvalue weighted by atomic mass is 16.5. The molecule has 0 amide bonds. The van der Waals surface area contributed by atoms with Gasteiger partial charge in [0, 0.05) is 5.56 Å². The Bertz CT molecular complexity index is 491. The fourth-order valence-corrected chi connectivity index (χ4v) is 2.66. The third-order valence-electron chi connectivity index (χ3n) is 4.12. The molecule has 24 heavy (non-hydrogen) atoms. The summed E-state index contributed by atoms with van der Waals surface area (Å²) in [6.07, 6.45) is 13.2. The molecule has 0 aliphatic carbocycles. The summed E-state index contributed by atoms with van der Waals surface area (Å²) in [5.41, 5.74) is 2.01. The molecule has 0 unspecified atom stereocenters. The summed E-state index contributed by atoms with van der Waals surface area (Å²) in [5, 5.41) is 0. The van der Waals surface area contributed by atoms with Gasteiger partial charge in [-0.05, 0) is 24.5 Å². The average Bonchev–Trinajstić information content (AvgIpc) is 2.61. The van der Waals surface area contributed by atoms with Crippen molar-refractivity contribution in [2.45, 2.75) is 65.2 Å². The van der Waals surface area contributed by atoms with Crippen molar-refractivity contribution in [3.63, 3.8) is 0 Å². The molecule has 0 atom stereocenters. The van der Waals surface area contributed by atoms with Crippen LogP contribution in [-0.4, -0.2) is 13.2 Å². The minimum Gasteiger partial charge on any atom is -0.490 e. The van der Waals surface area contributed by atoms with E-state index < -0.39 is 0 Å². The number of hydrogen-bond donors (Lipinski definition) is 0. The first kappa shape index (κ1) is 20.3. The second kappa shape index (κ2) is 12.7. The Labute approximate surface area is 148 Å². The lowest BCUT2D eigenvalue weighted by Gasteiger charge is -2.17. The van der Waals surface area contributed by atoms with Crippen LogP contribution >= 0.6 is 0 Å². The number of unbranched alkanes of at least 4 members (excludes halogenated alkanes) is 6. The molecule has 0 aliphatic heterocycles. The summed E-state index contributed by atoms with van der Waals surface area (Å²) in [5.74, 6) is 1.64. The van der Waals surface area contributed by atoms with Gasteiger partial charge in [-0.1, -0.05) is 83.7 Å². The van der Waals surface area contributed by atoms with E-state index in [9.17, 15) is 0 Å². The van der Waals surface area contributed by atoms with Crippen LogP contribution in [-0.2, 0) is 0 Å². The molecule has 134 valence electrons. The number of benzene rings is 1. The fourth-order valence-electron chi connectivity index (χ4n) is 2.66. The Hall–Kier alpha value is -1.70. The molecule has 0 N–H and O–H groups in total. The molecular weight excluding hydrogens is 296 g/mol. The van der Waals surface area contributed by atoms with Gasteiger partial charge in [0.2, 0.25) is 0 Å². The Balaban J connectivity index is 2.76. The van der Waals surface area contributed by atoms with Crippen LogP contribution in [0.5, 0.6) is 11.5 Å². The van der Waals surface area contributed by atoms with Crippen LogP contribution in [0, 0.1) is 0 Å². The highest BCUT2D eigenvalue weighted by molar-refractivity contribution is 5.72. The molecule has 0 fully saturated rings. The summed E-state index contributed by atoms with van der Waals surface area (Å²) in [6, 6.07) is 4.01. The van der Waals surface area contributed by atoms with E-state index in [-0.39, 0.29) is 0 Å². The lowest BCUT2D eigenvalue weighted by molar-refractivity contribution is 0.258. The van der Waals surface area contributed by atoms with Crippen LogP contribution in [0.1, 0.15) is 76.3 Å². The zero-order valence-electron chi connectivity index (χ0n) is 15.6. The largest absolute Gasteiger partial charge is 0.490 e. The van der Waals surface area contributed by atoms with Crippen LogP contribution in [0.4, 0.5) is 0 Å². The van der Waals surface area contributed by atoms with Gasteiger partial charge in [0.15, 0.2) is 11.5 Å². The summed E-state index contributed by atoms with van der Waals surface area (Å²) >= 11 is 0. The van der Waals surface area contributed by atoms with Crippen molar-refractivity contribution in [2.24, 2.45) is 0 Å². The van der Waals surface area contributed by atoms with Crippen LogP contribution < -0.4 is 9.47 Å². The minimum absolute atomic E-state index is 0.716. The molecule has 2 nitrogen and oxygen atoms in total. The summed E-state index contributed by atoms with van der Waals surface area (Å²) in [7, 11) is 0. The molecule has 1 aromatic carbocycles. The summed E-state index contributed by atoms with van der Waals surface area (Å²) in [6.45, 7) is 13.7.